The number of aliphatic hydroxyl groups excluding tert-OH is 1. The molecule has 4 heteroatoms. The molecule has 0 bridgehead atoms. The van der Waals surface area contributed by atoms with E-state index >= 15 is 0 Å². The molecular weight excluding hydrogens is 311 g/mol. The Morgan fingerprint density at radius 2 is 1.21 bits per heavy atom. The number of carbonyl (C=O) groups excluding carboxylic acids is 1. The molecule has 0 aliphatic rings. The van der Waals surface area contributed by atoms with Crippen molar-refractivity contribution in [2.24, 2.45) is 0 Å². The Balaban J connectivity index is -0.00000242. The van der Waals surface area contributed by atoms with Gasteiger partial charge in [-0.05, 0) is 6.42 Å². The Morgan fingerprint density at radius 3 is 1.58 bits per heavy atom. The van der Waals surface area contributed by atoms with Crippen LogP contribution in [0.5, 0.6) is 0 Å². The third-order valence-electron chi connectivity index (χ3n) is 4.37. The van der Waals surface area contributed by atoms with Crippen LogP contribution in [0.1, 0.15) is 112 Å². The molecule has 0 aromatic rings. The maximum atomic E-state index is 10.6. The predicted molar refractivity (Wildman–Crippen MR) is 98.7 cm³/mol. The van der Waals surface area contributed by atoms with Crippen LogP contribution in [0.15, 0.2) is 0 Å². The molecular formula is C20H41NaO3. The van der Waals surface area contributed by atoms with Crippen LogP contribution in [-0.2, 0) is 9.53 Å². The van der Waals surface area contributed by atoms with Gasteiger partial charge in [0.25, 0.3) is 0 Å². The van der Waals surface area contributed by atoms with Gasteiger partial charge < -0.3 is 11.3 Å². The zero-order valence-electron chi connectivity index (χ0n) is 17.7. The number of aliphatic hydroxyl groups is 1. The first-order valence-electron chi connectivity index (χ1n) is 9.98. The van der Waals surface area contributed by atoms with Crippen LogP contribution in [0.4, 0.5) is 0 Å². The summed E-state index contributed by atoms with van der Waals surface area (Å²) in [5.41, 5.74) is 0. The number of rotatable bonds is 17. The average molecular weight is 353 g/mol. The van der Waals surface area contributed by atoms with Gasteiger partial charge in [-0.1, -0.05) is 96.8 Å². The monoisotopic (exact) mass is 352 g/mol. The molecule has 140 valence electrons. The second-order valence-corrected chi connectivity index (χ2v) is 6.84. The number of esters is 1. The van der Waals surface area contributed by atoms with E-state index in [-0.39, 0.29) is 43.6 Å². The molecule has 0 saturated carbocycles. The van der Waals surface area contributed by atoms with Crippen molar-refractivity contribution in [3.8, 4) is 0 Å². The van der Waals surface area contributed by atoms with Crippen LogP contribution in [-0.4, -0.2) is 23.8 Å². The van der Waals surface area contributed by atoms with Crippen molar-refractivity contribution >= 4 is 5.97 Å². The summed E-state index contributed by atoms with van der Waals surface area (Å²) in [7, 11) is 0. The molecule has 0 amide bonds. The molecule has 0 aromatic heterocycles. The molecule has 0 saturated heterocycles. The first-order valence-corrected chi connectivity index (χ1v) is 9.98. The van der Waals surface area contributed by atoms with Gasteiger partial charge in [0.2, 0.25) is 0 Å². The fraction of sp³-hybridized carbons (Fsp3) is 0.950. The Bertz CT molecular complexity index is 265. The van der Waals surface area contributed by atoms with Crippen LogP contribution in [0, 0.1) is 0 Å². The van der Waals surface area contributed by atoms with Gasteiger partial charge in [0.15, 0.2) is 0 Å². The summed E-state index contributed by atoms with van der Waals surface area (Å²) >= 11 is 0. The molecule has 24 heavy (non-hydrogen) atoms. The maximum absolute atomic E-state index is 10.6. The minimum Gasteiger partial charge on any atom is -1.00 e. The van der Waals surface area contributed by atoms with Crippen LogP contribution in [0.2, 0.25) is 0 Å². The van der Waals surface area contributed by atoms with Gasteiger partial charge in [0.1, 0.15) is 6.61 Å². The van der Waals surface area contributed by atoms with E-state index in [2.05, 4.69) is 6.92 Å². The van der Waals surface area contributed by atoms with E-state index in [0.29, 0.717) is 0 Å². The molecule has 0 aromatic carbocycles. The Hall–Kier alpha value is 0.430. The average Bonchev–Trinajstić information content (AvgIpc) is 2.53. The molecule has 0 aliphatic heterocycles. The van der Waals surface area contributed by atoms with Gasteiger partial charge in [0, 0.05) is 6.92 Å². The summed E-state index contributed by atoms with van der Waals surface area (Å²) in [4.78, 5) is 10.6. The molecule has 1 N–H and O–H groups in total. The number of ether oxygens (including phenoxy) is 1. The van der Waals surface area contributed by atoms with Crippen LogP contribution >= 0.6 is 0 Å². The minimum absolute atomic E-state index is 0. The number of unbranched alkanes of at least 4 members (excludes halogenated alkanes) is 13. The molecule has 3 nitrogen and oxygen atoms in total. The summed E-state index contributed by atoms with van der Waals surface area (Å²) in [5, 5.41) is 9.61. The fourth-order valence-electron chi connectivity index (χ4n) is 2.87. The van der Waals surface area contributed by atoms with Crippen molar-refractivity contribution in [1.82, 2.24) is 0 Å². The Kier molecular flexibility index (Phi) is 23.8. The number of hydrogen-bond donors (Lipinski definition) is 1. The third-order valence-corrected chi connectivity index (χ3v) is 4.37. The summed E-state index contributed by atoms with van der Waals surface area (Å²) in [5.74, 6) is -0.315. The van der Waals surface area contributed by atoms with Crippen molar-refractivity contribution in [3.05, 3.63) is 0 Å². The SMILES string of the molecule is CCCCCCCCCCCCCCCCC(O)COC(C)=O.[H-].[Na+]. The van der Waals surface area contributed by atoms with Gasteiger partial charge >= 0.3 is 35.5 Å². The van der Waals surface area contributed by atoms with Crippen LogP contribution in [0.3, 0.4) is 0 Å². The van der Waals surface area contributed by atoms with E-state index in [1.54, 1.807) is 0 Å². The van der Waals surface area contributed by atoms with Gasteiger partial charge in [-0.3, -0.25) is 4.79 Å². The van der Waals surface area contributed by atoms with E-state index in [1.165, 1.54) is 90.4 Å². The maximum Gasteiger partial charge on any atom is 1.00 e. The van der Waals surface area contributed by atoms with Crippen LogP contribution < -0.4 is 29.6 Å². The molecule has 0 heterocycles. The summed E-state index contributed by atoms with van der Waals surface area (Å²) in [6.07, 6.45) is 19.0. The normalized spacial score (nSPS) is 11.8. The number of carbonyl (C=O) groups is 1. The summed E-state index contributed by atoms with van der Waals surface area (Å²) in [6, 6.07) is 0. The zero-order chi connectivity index (χ0) is 17.2. The van der Waals surface area contributed by atoms with Gasteiger partial charge in [0.05, 0.1) is 6.10 Å². The largest absolute Gasteiger partial charge is 1.00 e. The van der Waals surface area contributed by atoms with Gasteiger partial charge in [-0.2, -0.15) is 0 Å². The fourth-order valence-corrected chi connectivity index (χ4v) is 2.87. The van der Waals surface area contributed by atoms with Crippen molar-refractivity contribution in [3.63, 3.8) is 0 Å². The van der Waals surface area contributed by atoms with E-state index in [0.717, 1.165) is 12.8 Å². The van der Waals surface area contributed by atoms with E-state index in [9.17, 15) is 9.90 Å². The summed E-state index contributed by atoms with van der Waals surface area (Å²) in [6.45, 7) is 3.79. The quantitative estimate of drug-likeness (QED) is 0.249. The second kappa shape index (κ2) is 21.5. The summed E-state index contributed by atoms with van der Waals surface area (Å²) < 4.78 is 4.78. The standard InChI is InChI=1S/C20H40O3.Na.H/c1-3-4-5-6-7-8-9-10-11-12-13-14-15-16-17-20(22)18-23-19(2)21;;/h20,22H,3-18H2,1-2H3;;/q;+1;-1. The van der Waals surface area contributed by atoms with Gasteiger partial charge in [-0.15, -0.1) is 0 Å². The van der Waals surface area contributed by atoms with Crippen LogP contribution in [0.25, 0.3) is 0 Å². The molecule has 1 unspecified atom stereocenters. The Morgan fingerprint density at radius 1 is 0.833 bits per heavy atom. The van der Waals surface area contributed by atoms with Crippen molar-refractivity contribution in [2.75, 3.05) is 6.61 Å². The van der Waals surface area contributed by atoms with E-state index in [4.69, 9.17) is 4.74 Å². The first kappa shape index (κ1) is 26.7. The second-order valence-electron chi connectivity index (χ2n) is 6.84. The molecule has 0 fully saturated rings. The molecule has 0 spiro atoms. The topological polar surface area (TPSA) is 46.5 Å². The zero-order valence-corrected chi connectivity index (χ0v) is 18.7. The van der Waals surface area contributed by atoms with Crippen molar-refractivity contribution in [1.29, 1.82) is 0 Å². The first-order chi connectivity index (χ1) is 11.2. The smallest absolute Gasteiger partial charge is 1.00 e. The van der Waals surface area contributed by atoms with Crippen molar-refractivity contribution in [2.45, 2.75) is 116 Å². The van der Waals surface area contributed by atoms with Crippen molar-refractivity contribution < 1.29 is 45.6 Å². The molecule has 1 atom stereocenters. The molecule has 0 aliphatic carbocycles. The minimum atomic E-state index is -0.490. The number of hydrogen-bond acceptors (Lipinski definition) is 3. The molecule has 0 radical (unpaired) electrons. The Labute approximate surface area is 174 Å². The van der Waals surface area contributed by atoms with Gasteiger partial charge in [-0.25, -0.2) is 0 Å². The third kappa shape index (κ3) is 22.4. The van der Waals surface area contributed by atoms with E-state index in [1.807, 2.05) is 0 Å². The van der Waals surface area contributed by atoms with E-state index < -0.39 is 6.10 Å². The predicted octanol–water partition coefficient (Wildman–Crippen LogP) is 2.90. The molecule has 0 rings (SSSR count).